The van der Waals surface area contributed by atoms with Crippen molar-refractivity contribution in [3.8, 4) is 5.75 Å². The van der Waals surface area contributed by atoms with E-state index in [1.165, 1.54) is 18.2 Å². The van der Waals surface area contributed by atoms with Crippen LogP contribution in [-0.4, -0.2) is 103 Å². The lowest BCUT2D eigenvalue weighted by molar-refractivity contribution is 0.282. The molecule has 60 heavy (non-hydrogen) atoms. The van der Waals surface area contributed by atoms with Gasteiger partial charge in [0.1, 0.15) is 16.4 Å². The molecule has 1 aromatic heterocycles. The molecule has 0 amide bonds. The molecule has 5 aromatic rings. The molecule has 0 aliphatic carbocycles. The second-order valence-corrected chi connectivity index (χ2v) is 19.6. The second kappa shape index (κ2) is 18.3. The number of rotatable bonds is 18. The average Bonchev–Trinajstić information content (AvgIpc) is 3.14. The third-order valence-electron chi connectivity index (χ3n) is 8.17. The van der Waals surface area contributed by atoms with Crippen LogP contribution in [-0.2, 0) is 59.9 Å². The zero-order valence-corrected chi connectivity index (χ0v) is 35.5. The van der Waals surface area contributed by atoms with E-state index in [1.54, 1.807) is 56.0 Å². The Morgan fingerprint density at radius 3 is 2.17 bits per heavy atom. The first-order valence-electron chi connectivity index (χ1n) is 17.0. The van der Waals surface area contributed by atoms with Gasteiger partial charge in [0, 0.05) is 22.5 Å². The minimum Gasteiger partial charge on any atom is -0.505 e. The predicted molar refractivity (Wildman–Crippen MR) is 216 cm³/mol. The van der Waals surface area contributed by atoms with Crippen molar-refractivity contribution in [1.82, 2.24) is 15.0 Å². The summed E-state index contributed by atoms with van der Waals surface area (Å²) < 4.78 is 143. The van der Waals surface area contributed by atoms with Gasteiger partial charge in [0.2, 0.25) is 11.9 Å². The lowest BCUT2D eigenvalue weighted by Gasteiger charge is -2.22. The number of sulfone groups is 1. The van der Waals surface area contributed by atoms with Crippen LogP contribution in [0.4, 0.5) is 34.6 Å². The number of phenolic OH excluding ortho intramolecular Hbond substituents is 1. The van der Waals surface area contributed by atoms with Crippen molar-refractivity contribution in [2.24, 2.45) is 10.2 Å². The Morgan fingerprint density at radius 2 is 1.50 bits per heavy atom. The number of aromatic nitrogens is 3. The minimum atomic E-state index is -5.07. The highest BCUT2D eigenvalue weighted by atomic mass is 32.3. The molecule has 0 spiro atoms. The van der Waals surface area contributed by atoms with E-state index in [1.807, 2.05) is 0 Å². The summed E-state index contributed by atoms with van der Waals surface area (Å²) in [6.45, 7) is 3.86. The standard InChI is InChI=1S/C33H35N7O15S5/c1-4-40(23-8-6-9-24(18-23)56(42)15-13-54-59(48,49)50)33-35-21(3)34-32(37-33)36-27-12-11-20(2)26-19-28(58(45,46)47)30(31(41)29(26)27)39-38-22-7-5-10-25(17-22)57(43,44)16-14-55-60(51,52)53/h5-12,17-19,41H,4,13-16H2,1-3H3,(H,45,46,47)(H,48,49,50)(H,51,52,53)(H,34,35,36,37). The molecule has 0 saturated heterocycles. The molecule has 1 atom stereocenters. The molecule has 5 N–H and O–H groups in total. The van der Waals surface area contributed by atoms with Gasteiger partial charge in [-0.15, -0.1) is 5.11 Å². The molecule has 4 aromatic carbocycles. The number of phenols is 1. The fraction of sp³-hybridized carbons (Fsp3) is 0.242. The zero-order chi connectivity index (χ0) is 44.2. The van der Waals surface area contributed by atoms with Crippen molar-refractivity contribution in [2.45, 2.75) is 35.5 Å². The highest BCUT2D eigenvalue weighted by Gasteiger charge is 2.25. The van der Waals surface area contributed by atoms with E-state index < -0.39 is 86.9 Å². The van der Waals surface area contributed by atoms with Crippen LogP contribution < -0.4 is 10.2 Å². The number of aromatic hydroxyl groups is 1. The van der Waals surface area contributed by atoms with Crippen molar-refractivity contribution < 1.29 is 65.0 Å². The maximum absolute atomic E-state index is 12.9. The minimum absolute atomic E-state index is 0.00775. The van der Waals surface area contributed by atoms with Crippen molar-refractivity contribution >= 4 is 97.0 Å². The normalized spacial score (nSPS) is 13.2. The first-order chi connectivity index (χ1) is 28.0. The smallest absolute Gasteiger partial charge is 0.397 e. The molecule has 1 unspecified atom stereocenters. The number of hydrogen-bond donors (Lipinski definition) is 5. The molecule has 27 heteroatoms. The van der Waals surface area contributed by atoms with Crippen LogP contribution in [0.15, 0.2) is 91.6 Å². The van der Waals surface area contributed by atoms with Crippen LogP contribution in [0.5, 0.6) is 5.75 Å². The Balaban J connectivity index is 1.52. The van der Waals surface area contributed by atoms with Crippen LogP contribution in [0.25, 0.3) is 10.8 Å². The second-order valence-electron chi connectivity index (χ2n) is 12.3. The molecule has 1 heterocycles. The van der Waals surface area contributed by atoms with Gasteiger partial charge in [-0.1, -0.05) is 18.2 Å². The zero-order valence-electron chi connectivity index (χ0n) is 31.4. The largest absolute Gasteiger partial charge is 0.505 e. The van der Waals surface area contributed by atoms with Gasteiger partial charge < -0.3 is 15.3 Å². The number of nitrogens with zero attached hydrogens (tertiary/aromatic N) is 6. The molecule has 0 bridgehead atoms. The van der Waals surface area contributed by atoms with E-state index in [2.05, 4.69) is 38.9 Å². The topological polar surface area (TPSA) is 332 Å². The Labute approximate surface area is 346 Å². The Morgan fingerprint density at radius 1 is 0.817 bits per heavy atom. The summed E-state index contributed by atoms with van der Waals surface area (Å²) in [5, 5.41) is 22.6. The Bertz CT molecular complexity index is 2970. The van der Waals surface area contributed by atoms with Gasteiger partial charge >= 0.3 is 20.8 Å². The van der Waals surface area contributed by atoms with Gasteiger partial charge in [-0.05, 0) is 80.3 Å². The number of benzene rings is 4. The van der Waals surface area contributed by atoms with Crippen LogP contribution in [0.1, 0.15) is 18.3 Å². The molecule has 0 saturated carbocycles. The molecule has 0 aliphatic rings. The molecule has 322 valence electrons. The summed E-state index contributed by atoms with van der Waals surface area (Å²) in [5.74, 6) is -1.53. The number of hydrogen-bond acceptors (Lipinski definition) is 19. The molecule has 0 radical (unpaired) electrons. The van der Waals surface area contributed by atoms with Crippen LogP contribution in [0.3, 0.4) is 0 Å². The maximum Gasteiger partial charge on any atom is 0.397 e. The average molecular weight is 930 g/mol. The lowest BCUT2D eigenvalue weighted by atomic mass is 10.0. The van der Waals surface area contributed by atoms with Crippen LogP contribution in [0, 0.1) is 13.8 Å². The highest BCUT2D eigenvalue weighted by Crippen LogP contribution is 2.45. The Hall–Kier alpha value is -5.10. The Kier molecular flexibility index (Phi) is 14.0. The van der Waals surface area contributed by atoms with E-state index in [0.717, 1.165) is 18.2 Å². The summed E-state index contributed by atoms with van der Waals surface area (Å²) in [6, 6.07) is 15.3. The number of azo groups is 1. The third kappa shape index (κ3) is 11.8. The highest BCUT2D eigenvalue weighted by molar-refractivity contribution is 7.91. The van der Waals surface area contributed by atoms with Gasteiger partial charge in [-0.25, -0.2) is 16.8 Å². The summed E-state index contributed by atoms with van der Waals surface area (Å²) in [7, 11) is -20.6. The van der Waals surface area contributed by atoms with Crippen molar-refractivity contribution in [2.75, 3.05) is 41.5 Å². The molecule has 0 fully saturated rings. The first-order valence-corrected chi connectivity index (χ1v) is 24.1. The number of aryl methyl sites for hydroxylation is 2. The quantitative estimate of drug-likeness (QED) is 0.0599. The van der Waals surface area contributed by atoms with Gasteiger partial charge in [-0.2, -0.15) is 45.3 Å². The molecule has 5 rings (SSSR count). The summed E-state index contributed by atoms with van der Waals surface area (Å²) in [4.78, 5) is 14.1. The first kappa shape index (κ1) is 46.0. The number of nitrogens with one attached hydrogen (secondary N) is 1. The number of fused-ring (bicyclic) bond motifs is 1. The van der Waals surface area contributed by atoms with Gasteiger partial charge in [-0.3, -0.25) is 17.9 Å². The van der Waals surface area contributed by atoms with Gasteiger partial charge in [0.25, 0.3) is 10.1 Å². The summed E-state index contributed by atoms with van der Waals surface area (Å²) >= 11 is 0. The van der Waals surface area contributed by atoms with Crippen LogP contribution >= 0.6 is 0 Å². The monoisotopic (exact) mass is 929 g/mol. The van der Waals surface area contributed by atoms with E-state index in [-0.39, 0.29) is 50.5 Å². The van der Waals surface area contributed by atoms with Crippen molar-refractivity contribution in [1.29, 1.82) is 0 Å². The van der Waals surface area contributed by atoms with Gasteiger partial charge in [0.15, 0.2) is 15.6 Å². The van der Waals surface area contributed by atoms with E-state index in [0.29, 0.717) is 22.7 Å². The number of anilines is 4. The summed E-state index contributed by atoms with van der Waals surface area (Å²) in [5.41, 5.74) is 0.208. The van der Waals surface area contributed by atoms with Gasteiger partial charge in [0.05, 0.1) is 51.8 Å². The van der Waals surface area contributed by atoms with Crippen molar-refractivity contribution in [3.63, 3.8) is 0 Å². The molecular weight excluding hydrogens is 895 g/mol. The lowest BCUT2D eigenvalue weighted by Crippen LogP contribution is -2.20. The van der Waals surface area contributed by atoms with E-state index >= 15 is 0 Å². The molecule has 22 nitrogen and oxygen atoms in total. The summed E-state index contributed by atoms with van der Waals surface area (Å²) in [6.07, 6.45) is 0. The molecule has 0 aliphatic heterocycles. The predicted octanol–water partition coefficient (Wildman–Crippen LogP) is 4.43. The SMILES string of the molecule is CCN(c1cccc(S(=O)CCOS(=O)(=O)O)c1)c1nc(C)nc(Nc2ccc(C)c3cc(S(=O)(=O)O)c(N=Nc4cccc(S(=O)(=O)CCOS(=O)(=O)O)c4)c(O)c23)n1. The maximum atomic E-state index is 12.9. The van der Waals surface area contributed by atoms with E-state index in [4.69, 9.17) is 9.11 Å². The third-order valence-corrected chi connectivity index (χ3v) is 13.0. The molecular formula is C33H35N7O15S5. The fourth-order valence-corrected chi connectivity index (χ4v) is 9.07. The van der Waals surface area contributed by atoms with Crippen LogP contribution in [0.2, 0.25) is 0 Å². The van der Waals surface area contributed by atoms with E-state index in [9.17, 15) is 47.5 Å². The van der Waals surface area contributed by atoms with Crippen molar-refractivity contribution in [3.05, 3.63) is 78.1 Å². The fourth-order valence-electron chi connectivity index (χ4n) is 5.54.